The highest BCUT2D eigenvalue weighted by Crippen LogP contribution is 2.42. The molecule has 28 heavy (non-hydrogen) atoms. The van der Waals surface area contributed by atoms with Crippen LogP contribution in [0.1, 0.15) is 37.4 Å². The summed E-state index contributed by atoms with van der Waals surface area (Å²) in [6.07, 6.45) is 1.51. The molecule has 138 valence electrons. The Bertz CT molecular complexity index is 1150. The SMILES string of the molecule is COc1ccc(C(=O)/C=C2\c3cccc(Cl)c3C(=O)c3cccc(Cl)c32)cc1. The zero-order valence-electron chi connectivity index (χ0n) is 14.8. The predicted molar refractivity (Wildman–Crippen MR) is 111 cm³/mol. The van der Waals surface area contributed by atoms with Gasteiger partial charge < -0.3 is 4.74 Å². The van der Waals surface area contributed by atoms with Gasteiger partial charge in [0, 0.05) is 27.3 Å². The second-order valence-corrected chi connectivity index (χ2v) is 7.12. The average Bonchev–Trinajstić information content (AvgIpc) is 2.71. The first-order valence-electron chi connectivity index (χ1n) is 8.54. The maximum atomic E-state index is 13.0. The van der Waals surface area contributed by atoms with E-state index in [-0.39, 0.29) is 11.6 Å². The highest BCUT2D eigenvalue weighted by atomic mass is 35.5. The van der Waals surface area contributed by atoms with E-state index in [2.05, 4.69) is 0 Å². The van der Waals surface area contributed by atoms with Gasteiger partial charge in [-0.3, -0.25) is 9.59 Å². The Morgan fingerprint density at radius 2 is 1.46 bits per heavy atom. The first-order chi connectivity index (χ1) is 13.5. The van der Waals surface area contributed by atoms with Crippen LogP contribution in [0.3, 0.4) is 0 Å². The number of benzene rings is 3. The zero-order chi connectivity index (χ0) is 19.8. The molecule has 1 aliphatic rings. The van der Waals surface area contributed by atoms with Crippen molar-refractivity contribution in [2.24, 2.45) is 0 Å². The third-order valence-electron chi connectivity index (χ3n) is 4.71. The third-order valence-corrected chi connectivity index (χ3v) is 5.34. The summed E-state index contributed by atoms with van der Waals surface area (Å²) in [6, 6.07) is 17.1. The summed E-state index contributed by atoms with van der Waals surface area (Å²) in [5, 5.41) is 0.751. The van der Waals surface area contributed by atoms with Gasteiger partial charge in [0.05, 0.1) is 12.1 Å². The minimum atomic E-state index is -0.205. The maximum absolute atomic E-state index is 13.0. The van der Waals surface area contributed by atoms with Gasteiger partial charge in [-0.25, -0.2) is 0 Å². The summed E-state index contributed by atoms with van der Waals surface area (Å²) in [7, 11) is 1.57. The molecule has 3 aromatic carbocycles. The van der Waals surface area contributed by atoms with Gasteiger partial charge in [-0.2, -0.15) is 0 Å². The molecule has 0 unspecified atom stereocenters. The molecule has 1 aliphatic carbocycles. The van der Waals surface area contributed by atoms with E-state index < -0.39 is 0 Å². The number of halogens is 2. The Balaban J connectivity index is 1.92. The number of carbonyl (C=O) groups is 2. The summed E-state index contributed by atoms with van der Waals surface area (Å²) < 4.78 is 5.14. The smallest absolute Gasteiger partial charge is 0.195 e. The fourth-order valence-corrected chi connectivity index (χ4v) is 3.89. The number of fused-ring (bicyclic) bond motifs is 2. The molecule has 0 fully saturated rings. The number of hydrogen-bond acceptors (Lipinski definition) is 3. The Morgan fingerprint density at radius 1 is 0.857 bits per heavy atom. The average molecular weight is 409 g/mol. The zero-order valence-corrected chi connectivity index (χ0v) is 16.3. The van der Waals surface area contributed by atoms with Gasteiger partial charge in [0.25, 0.3) is 0 Å². The number of ketones is 2. The van der Waals surface area contributed by atoms with Crippen molar-refractivity contribution < 1.29 is 14.3 Å². The standard InChI is InChI=1S/C23H14Cl2O3/c1-28-14-10-8-13(9-11-14)20(26)12-17-15-4-2-7-19(25)22(15)23(27)16-5-3-6-18(24)21(16)17/h2-12H,1H3/b17-12+. The van der Waals surface area contributed by atoms with Crippen molar-refractivity contribution >= 4 is 40.3 Å². The molecule has 5 heteroatoms. The first kappa shape index (κ1) is 18.5. The fourth-order valence-electron chi connectivity index (χ4n) is 3.36. The number of carbonyl (C=O) groups excluding carboxylic acids is 2. The minimum Gasteiger partial charge on any atom is -0.497 e. The van der Waals surface area contributed by atoms with Crippen molar-refractivity contribution in [1.29, 1.82) is 0 Å². The van der Waals surface area contributed by atoms with E-state index in [0.717, 1.165) is 0 Å². The minimum absolute atomic E-state index is 0.202. The molecule has 0 radical (unpaired) electrons. The molecule has 0 saturated heterocycles. The lowest BCUT2D eigenvalue weighted by atomic mass is 9.80. The van der Waals surface area contributed by atoms with Gasteiger partial charge in [-0.1, -0.05) is 47.5 Å². The Hall–Kier alpha value is -2.88. The molecule has 0 aliphatic heterocycles. The summed E-state index contributed by atoms with van der Waals surface area (Å²) in [4.78, 5) is 25.9. The molecular weight excluding hydrogens is 395 g/mol. The van der Waals surface area contributed by atoms with Gasteiger partial charge >= 0.3 is 0 Å². The number of methoxy groups -OCH3 is 1. The molecule has 0 heterocycles. The predicted octanol–water partition coefficient (Wildman–Crippen LogP) is 5.86. The molecule has 0 saturated carbocycles. The van der Waals surface area contributed by atoms with E-state index in [1.807, 2.05) is 0 Å². The van der Waals surface area contributed by atoms with E-state index in [0.29, 0.717) is 49.2 Å². The topological polar surface area (TPSA) is 43.4 Å². The molecule has 0 N–H and O–H groups in total. The van der Waals surface area contributed by atoms with Crippen molar-refractivity contribution in [3.8, 4) is 5.75 Å². The highest BCUT2D eigenvalue weighted by molar-refractivity contribution is 6.39. The molecule has 0 spiro atoms. The quantitative estimate of drug-likeness (QED) is 0.314. The number of allylic oxidation sites excluding steroid dienone is 1. The molecule has 0 amide bonds. The van der Waals surface area contributed by atoms with Gasteiger partial charge in [0.2, 0.25) is 0 Å². The lowest BCUT2D eigenvalue weighted by Crippen LogP contribution is -2.16. The van der Waals surface area contributed by atoms with Crippen LogP contribution in [-0.4, -0.2) is 18.7 Å². The lowest BCUT2D eigenvalue weighted by Gasteiger charge is -2.23. The number of rotatable bonds is 3. The second-order valence-electron chi connectivity index (χ2n) is 6.30. The summed E-state index contributed by atoms with van der Waals surface area (Å²) in [5.74, 6) is 0.258. The summed E-state index contributed by atoms with van der Waals surface area (Å²) >= 11 is 12.7. The molecule has 4 rings (SSSR count). The summed E-state index contributed by atoms with van der Waals surface area (Å²) in [6.45, 7) is 0. The van der Waals surface area contributed by atoms with Crippen LogP contribution in [0.15, 0.2) is 66.7 Å². The van der Waals surface area contributed by atoms with Crippen molar-refractivity contribution in [2.45, 2.75) is 0 Å². The molecular formula is C23H14Cl2O3. The van der Waals surface area contributed by atoms with Crippen LogP contribution in [0.2, 0.25) is 10.0 Å². The van der Waals surface area contributed by atoms with E-state index in [1.54, 1.807) is 67.8 Å². The van der Waals surface area contributed by atoms with Crippen LogP contribution in [0.5, 0.6) is 5.75 Å². The van der Waals surface area contributed by atoms with Crippen molar-refractivity contribution in [1.82, 2.24) is 0 Å². The van der Waals surface area contributed by atoms with Crippen LogP contribution in [0, 0.1) is 0 Å². The van der Waals surface area contributed by atoms with Gasteiger partial charge in [0.15, 0.2) is 11.6 Å². The highest BCUT2D eigenvalue weighted by Gasteiger charge is 2.30. The molecule has 0 bridgehead atoms. The van der Waals surface area contributed by atoms with Crippen LogP contribution in [-0.2, 0) is 0 Å². The van der Waals surface area contributed by atoms with Gasteiger partial charge in [-0.15, -0.1) is 0 Å². The maximum Gasteiger partial charge on any atom is 0.195 e. The largest absolute Gasteiger partial charge is 0.497 e. The first-order valence-corrected chi connectivity index (χ1v) is 9.29. The van der Waals surface area contributed by atoms with E-state index in [9.17, 15) is 9.59 Å². The van der Waals surface area contributed by atoms with Gasteiger partial charge in [0.1, 0.15) is 5.75 Å². The van der Waals surface area contributed by atoms with Crippen molar-refractivity contribution in [3.05, 3.63) is 105 Å². The second kappa shape index (κ2) is 7.27. The number of ether oxygens (including phenoxy) is 1. The van der Waals surface area contributed by atoms with Crippen LogP contribution in [0.4, 0.5) is 0 Å². The molecule has 3 aromatic rings. The van der Waals surface area contributed by atoms with E-state index in [1.165, 1.54) is 6.08 Å². The van der Waals surface area contributed by atoms with Crippen molar-refractivity contribution in [2.75, 3.05) is 7.11 Å². The Morgan fingerprint density at radius 3 is 2.11 bits per heavy atom. The van der Waals surface area contributed by atoms with E-state index in [4.69, 9.17) is 27.9 Å². The normalized spacial score (nSPS) is 13.8. The third kappa shape index (κ3) is 3.03. The summed E-state index contributed by atoms with van der Waals surface area (Å²) in [5.41, 5.74) is 3.04. The van der Waals surface area contributed by atoms with Crippen LogP contribution >= 0.6 is 23.2 Å². The number of hydrogen-bond donors (Lipinski definition) is 0. The molecule has 0 atom stereocenters. The Kier molecular flexibility index (Phi) is 4.80. The van der Waals surface area contributed by atoms with E-state index >= 15 is 0 Å². The van der Waals surface area contributed by atoms with Gasteiger partial charge in [-0.05, 0) is 53.6 Å². The van der Waals surface area contributed by atoms with Crippen molar-refractivity contribution in [3.63, 3.8) is 0 Å². The molecule has 3 nitrogen and oxygen atoms in total. The molecule has 0 aromatic heterocycles. The fraction of sp³-hybridized carbons (Fsp3) is 0.0435. The lowest BCUT2D eigenvalue weighted by molar-refractivity contribution is 0.103. The van der Waals surface area contributed by atoms with Crippen LogP contribution < -0.4 is 4.74 Å². The monoisotopic (exact) mass is 408 g/mol. The van der Waals surface area contributed by atoms with Crippen LogP contribution in [0.25, 0.3) is 5.57 Å². The Labute approximate surface area is 172 Å².